The van der Waals surface area contributed by atoms with Crippen LogP contribution >= 0.6 is 0 Å². The van der Waals surface area contributed by atoms with Gasteiger partial charge in [-0.25, -0.2) is 0 Å². The summed E-state index contributed by atoms with van der Waals surface area (Å²) >= 11 is 0. The van der Waals surface area contributed by atoms with Crippen LogP contribution in [0.1, 0.15) is 33.3 Å². The average molecular weight is 295 g/mol. The largest absolute Gasteiger partial charge is 0.493 e. The molecule has 0 spiro atoms. The second kappa shape index (κ2) is 8.78. The summed E-state index contributed by atoms with van der Waals surface area (Å²) in [6, 6.07) is 4.01. The van der Waals surface area contributed by atoms with E-state index >= 15 is 0 Å². The van der Waals surface area contributed by atoms with Crippen molar-refractivity contribution in [3.63, 3.8) is 0 Å². The van der Waals surface area contributed by atoms with Gasteiger partial charge in [0.2, 0.25) is 5.75 Å². The van der Waals surface area contributed by atoms with E-state index in [-0.39, 0.29) is 0 Å². The molecule has 0 bridgehead atoms. The maximum Gasteiger partial charge on any atom is 0.203 e. The molecule has 0 saturated carbocycles. The van der Waals surface area contributed by atoms with Crippen molar-refractivity contribution in [2.75, 3.05) is 27.4 Å². The van der Waals surface area contributed by atoms with Crippen LogP contribution in [0.4, 0.5) is 0 Å². The fourth-order valence-electron chi connectivity index (χ4n) is 1.93. The standard InChI is InChI=1S/C17H29NO3/c1-12(2)9-18-10-14-7-15(19-5)17(16(8-14)20-6)21-11-13(3)4/h7-8,12-13,18H,9-11H2,1-6H3. The first kappa shape index (κ1) is 17.6. The predicted octanol–water partition coefficient (Wildman–Crippen LogP) is 3.48. The molecule has 0 unspecified atom stereocenters. The lowest BCUT2D eigenvalue weighted by Crippen LogP contribution is -2.19. The van der Waals surface area contributed by atoms with Crippen LogP contribution in [0.15, 0.2) is 12.1 Å². The molecule has 120 valence electrons. The van der Waals surface area contributed by atoms with Crippen molar-refractivity contribution < 1.29 is 14.2 Å². The number of benzene rings is 1. The van der Waals surface area contributed by atoms with Gasteiger partial charge in [-0.15, -0.1) is 0 Å². The molecule has 4 heteroatoms. The molecule has 0 atom stereocenters. The van der Waals surface area contributed by atoms with Crippen LogP contribution in [0.2, 0.25) is 0 Å². The molecule has 0 heterocycles. The zero-order valence-electron chi connectivity index (χ0n) is 14.2. The summed E-state index contributed by atoms with van der Waals surface area (Å²) in [5.74, 6) is 3.20. The summed E-state index contributed by atoms with van der Waals surface area (Å²) in [6.45, 7) is 11.0. The molecular weight excluding hydrogens is 266 g/mol. The summed E-state index contributed by atoms with van der Waals surface area (Å²) in [5, 5.41) is 3.42. The Bertz CT molecular complexity index is 405. The topological polar surface area (TPSA) is 39.7 Å². The Balaban J connectivity index is 2.89. The average Bonchev–Trinajstić information content (AvgIpc) is 2.44. The maximum absolute atomic E-state index is 5.84. The maximum atomic E-state index is 5.84. The monoisotopic (exact) mass is 295 g/mol. The van der Waals surface area contributed by atoms with Crippen LogP contribution in [-0.4, -0.2) is 27.4 Å². The molecule has 1 rings (SSSR count). The molecule has 4 nitrogen and oxygen atoms in total. The van der Waals surface area contributed by atoms with Gasteiger partial charge in [0.1, 0.15) is 0 Å². The minimum Gasteiger partial charge on any atom is -0.493 e. The molecular formula is C17H29NO3. The van der Waals surface area contributed by atoms with Crippen molar-refractivity contribution in [1.82, 2.24) is 5.32 Å². The second-order valence-corrected chi connectivity index (χ2v) is 6.06. The minimum absolute atomic E-state index is 0.451. The molecule has 0 radical (unpaired) electrons. The van der Waals surface area contributed by atoms with Gasteiger partial charge in [0, 0.05) is 6.54 Å². The van der Waals surface area contributed by atoms with E-state index in [0.29, 0.717) is 24.2 Å². The van der Waals surface area contributed by atoms with Crippen LogP contribution in [0.5, 0.6) is 17.2 Å². The highest BCUT2D eigenvalue weighted by Gasteiger charge is 2.14. The summed E-state index contributed by atoms with van der Waals surface area (Å²) in [5.41, 5.74) is 1.13. The van der Waals surface area contributed by atoms with Gasteiger partial charge in [-0.1, -0.05) is 27.7 Å². The van der Waals surface area contributed by atoms with Gasteiger partial charge in [0.15, 0.2) is 11.5 Å². The van der Waals surface area contributed by atoms with Crippen LogP contribution in [0.25, 0.3) is 0 Å². The van der Waals surface area contributed by atoms with Crippen molar-refractivity contribution in [1.29, 1.82) is 0 Å². The van der Waals surface area contributed by atoms with Gasteiger partial charge >= 0.3 is 0 Å². The number of hydrogen-bond acceptors (Lipinski definition) is 4. The molecule has 0 aliphatic heterocycles. The van der Waals surface area contributed by atoms with E-state index in [1.165, 1.54) is 0 Å². The summed E-state index contributed by atoms with van der Waals surface area (Å²) < 4.78 is 16.7. The second-order valence-electron chi connectivity index (χ2n) is 6.06. The van der Waals surface area contributed by atoms with E-state index in [4.69, 9.17) is 14.2 Å². The van der Waals surface area contributed by atoms with Gasteiger partial charge in [0.05, 0.1) is 20.8 Å². The zero-order valence-corrected chi connectivity index (χ0v) is 14.2. The number of nitrogens with one attached hydrogen (secondary N) is 1. The van der Waals surface area contributed by atoms with Crippen molar-refractivity contribution in [2.24, 2.45) is 11.8 Å². The summed E-state index contributed by atoms with van der Waals surface area (Å²) in [7, 11) is 3.31. The lowest BCUT2D eigenvalue weighted by atomic mass is 10.1. The summed E-state index contributed by atoms with van der Waals surface area (Å²) in [6.07, 6.45) is 0. The highest BCUT2D eigenvalue weighted by Crippen LogP contribution is 2.38. The third-order valence-corrected chi connectivity index (χ3v) is 2.96. The smallest absolute Gasteiger partial charge is 0.203 e. The molecule has 1 N–H and O–H groups in total. The van der Waals surface area contributed by atoms with E-state index in [0.717, 1.165) is 30.2 Å². The number of rotatable bonds is 9. The molecule has 21 heavy (non-hydrogen) atoms. The highest BCUT2D eigenvalue weighted by molar-refractivity contribution is 5.53. The predicted molar refractivity (Wildman–Crippen MR) is 86.4 cm³/mol. The van der Waals surface area contributed by atoms with Crippen molar-refractivity contribution >= 4 is 0 Å². The molecule has 0 aliphatic carbocycles. The normalized spacial score (nSPS) is 11.0. The molecule has 1 aromatic rings. The Morgan fingerprint density at radius 3 is 1.95 bits per heavy atom. The van der Waals surface area contributed by atoms with E-state index in [9.17, 15) is 0 Å². The van der Waals surface area contributed by atoms with Gasteiger partial charge in [0.25, 0.3) is 0 Å². The van der Waals surface area contributed by atoms with Gasteiger partial charge < -0.3 is 19.5 Å². The molecule has 0 amide bonds. The van der Waals surface area contributed by atoms with Crippen LogP contribution in [0.3, 0.4) is 0 Å². The molecule has 0 fully saturated rings. The van der Waals surface area contributed by atoms with E-state index in [2.05, 4.69) is 33.0 Å². The Morgan fingerprint density at radius 2 is 1.52 bits per heavy atom. The van der Waals surface area contributed by atoms with Crippen LogP contribution in [-0.2, 0) is 6.54 Å². The Morgan fingerprint density at radius 1 is 0.952 bits per heavy atom. The van der Waals surface area contributed by atoms with E-state index < -0.39 is 0 Å². The van der Waals surface area contributed by atoms with Crippen molar-refractivity contribution in [2.45, 2.75) is 34.2 Å². The fourth-order valence-corrected chi connectivity index (χ4v) is 1.93. The summed E-state index contributed by atoms with van der Waals surface area (Å²) in [4.78, 5) is 0. The first-order valence-electron chi connectivity index (χ1n) is 7.56. The van der Waals surface area contributed by atoms with Crippen LogP contribution in [0, 0.1) is 11.8 Å². The third kappa shape index (κ3) is 5.84. The van der Waals surface area contributed by atoms with Crippen molar-refractivity contribution in [3.8, 4) is 17.2 Å². The van der Waals surface area contributed by atoms with Crippen molar-refractivity contribution in [3.05, 3.63) is 17.7 Å². The first-order chi connectivity index (χ1) is 9.97. The number of methoxy groups -OCH3 is 2. The van der Waals surface area contributed by atoms with E-state index in [1.54, 1.807) is 14.2 Å². The lowest BCUT2D eigenvalue weighted by Gasteiger charge is -2.17. The zero-order chi connectivity index (χ0) is 15.8. The van der Waals surface area contributed by atoms with Gasteiger partial charge in [-0.2, -0.15) is 0 Å². The Kier molecular flexibility index (Phi) is 7.37. The van der Waals surface area contributed by atoms with Gasteiger partial charge in [-0.3, -0.25) is 0 Å². The Hall–Kier alpha value is -1.42. The lowest BCUT2D eigenvalue weighted by molar-refractivity contribution is 0.243. The molecule has 0 saturated heterocycles. The molecule has 1 aromatic carbocycles. The van der Waals surface area contributed by atoms with E-state index in [1.807, 2.05) is 12.1 Å². The molecule has 0 aliphatic rings. The van der Waals surface area contributed by atoms with Crippen LogP contribution < -0.4 is 19.5 Å². The Labute approximate surface area is 128 Å². The SMILES string of the molecule is COc1cc(CNCC(C)C)cc(OC)c1OCC(C)C. The first-order valence-corrected chi connectivity index (χ1v) is 7.56. The highest BCUT2D eigenvalue weighted by atomic mass is 16.5. The minimum atomic E-state index is 0.451. The third-order valence-electron chi connectivity index (χ3n) is 2.96. The number of ether oxygens (including phenoxy) is 3. The quantitative estimate of drug-likeness (QED) is 0.757. The van der Waals surface area contributed by atoms with Gasteiger partial charge in [-0.05, 0) is 36.1 Å². The molecule has 0 aromatic heterocycles. The number of hydrogen-bond donors (Lipinski definition) is 1. The fraction of sp³-hybridized carbons (Fsp3) is 0.647.